The SMILES string of the molecule is CCC(CC)(CC)NCCC(N)=NO. The average Bonchev–Trinajstić information content (AvgIpc) is 2.25. The fourth-order valence-corrected chi connectivity index (χ4v) is 1.63. The van der Waals surface area contributed by atoms with Crippen molar-refractivity contribution in [2.45, 2.75) is 52.0 Å². The van der Waals surface area contributed by atoms with Crippen LogP contribution in [0.25, 0.3) is 0 Å². The molecule has 14 heavy (non-hydrogen) atoms. The molecule has 0 aliphatic rings. The summed E-state index contributed by atoms with van der Waals surface area (Å²) in [5, 5.41) is 14.8. The van der Waals surface area contributed by atoms with Gasteiger partial charge in [0.05, 0.1) is 0 Å². The van der Waals surface area contributed by atoms with Gasteiger partial charge in [0.1, 0.15) is 5.84 Å². The average molecular weight is 201 g/mol. The molecule has 4 nitrogen and oxygen atoms in total. The second-order valence-electron chi connectivity index (χ2n) is 3.61. The van der Waals surface area contributed by atoms with Crippen molar-refractivity contribution in [2.75, 3.05) is 6.54 Å². The van der Waals surface area contributed by atoms with E-state index in [2.05, 4.69) is 31.2 Å². The summed E-state index contributed by atoms with van der Waals surface area (Å²) in [6.45, 7) is 7.32. The molecule has 0 unspecified atom stereocenters. The first-order valence-electron chi connectivity index (χ1n) is 5.35. The van der Waals surface area contributed by atoms with Crippen LogP contribution >= 0.6 is 0 Å². The molecule has 0 spiro atoms. The van der Waals surface area contributed by atoms with Gasteiger partial charge in [0, 0.05) is 18.5 Å². The number of oxime groups is 1. The Morgan fingerprint density at radius 3 is 2.14 bits per heavy atom. The molecule has 4 N–H and O–H groups in total. The Kier molecular flexibility index (Phi) is 6.28. The van der Waals surface area contributed by atoms with E-state index in [1.54, 1.807) is 0 Å². The third-order valence-electron chi connectivity index (χ3n) is 3.04. The van der Waals surface area contributed by atoms with Gasteiger partial charge in [-0.05, 0) is 19.3 Å². The largest absolute Gasteiger partial charge is 0.409 e. The zero-order chi connectivity index (χ0) is 11.0. The summed E-state index contributed by atoms with van der Waals surface area (Å²) >= 11 is 0. The fraction of sp³-hybridized carbons (Fsp3) is 0.900. The summed E-state index contributed by atoms with van der Waals surface area (Å²) in [5.41, 5.74) is 5.60. The number of nitrogens with zero attached hydrogens (tertiary/aromatic N) is 1. The van der Waals surface area contributed by atoms with E-state index in [-0.39, 0.29) is 11.4 Å². The molecule has 0 aromatic rings. The lowest BCUT2D eigenvalue weighted by Gasteiger charge is -2.32. The van der Waals surface area contributed by atoms with E-state index in [4.69, 9.17) is 10.9 Å². The van der Waals surface area contributed by atoms with Crippen molar-refractivity contribution < 1.29 is 5.21 Å². The highest BCUT2D eigenvalue weighted by Gasteiger charge is 2.22. The minimum absolute atomic E-state index is 0.218. The highest BCUT2D eigenvalue weighted by Crippen LogP contribution is 2.18. The summed E-state index contributed by atoms with van der Waals surface area (Å²) in [6.07, 6.45) is 3.92. The number of rotatable bonds is 7. The molecule has 0 radical (unpaired) electrons. The van der Waals surface area contributed by atoms with E-state index in [1.807, 2.05) is 0 Å². The molecule has 84 valence electrons. The summed E-state index contributed by atoms with van der Waals surface area (Å²) in [5.74, 6) is 0.287. The minimum Gasteiger partial charge on any atom is -0.409 e. The van der Waals surface area contributed by atoms with E-state index in [1.165, 1.54) is 0 Å². The topological polar surface area (TPSA) is 70.6 Å². The predicted molar refractivity (Wildman–Crippen MR) is 59.6 cm³/mol. The molecule has 4 heteroatoms. The van der Waals surface area contributed by atoms with Crippen molar-refractivity contribution in [3.63, 3.8) is 0 Å². The zero-order valence-corrected chi connectivity index (χ0v) is 9.51. The maximum atomic E-state index is 8.37. The lowest BCUT2D eigenvalue weighted by atomic mass is 9.90. The van der Waals surface area contributed by atoms with Gasteiger partial charge in [-0.25, -0.2) is 0 Å². The van der Waals surface area contributed by atoms with Crippen molar-refractivity contribution in [2.24, 2.45) is 10.9 Å². The van der Waals surface area contributed by atoms with Gasteiger partial charge in [-0.3, -0.25) is 0 Å². The van der Waals surface area contributed by atoms with Crippen LogP contribution in [-0.2, 0) is 0 Å². The maximum absolute atomic E-state index is 8.37. The highest BCUT2D eigenvalue weighted by molar-refractivity contribution is 5.79. The van der Waals surface area contributed by atoms with Gasteiger partial charge < -0.3 is 16.3 Å². The van der Waals surface area contributed by atoms with Crippen LogP contribution in [0.1, 0.15) is 46.5 Å². The van der Waals surface area contributed by atoms with E-state index < -0.39 is 0 Å². The third kappa shape index (κ3) is 3.96. The molecule has 0 bridgehead atoms. The summed E-state index contributed by atoms with van der Waals surface area (Å²) in [6, 6.07) is 0. The Morgan fingerprint density at radius 2 is 1.79 bits per heavy atom. The third-order valence-corrected chi connectivity index (χ3v) is 3.04. The molecule has 0 amide bonds. The summed E-state index contributed by atoms with van der Waals surface area (Å²) in [7, 11) is 0. The van der Waals surface area contributed by atoms with Crippen LogP contribution in [0.5, 0.6) is 0 Å². The van der Waals surface area contributed by atoms with Gasteiger partial charge in [-0.15, -0.1) is 0 Å². The number of amidine groups is 1. The first kappa shape index (κ1) is 13.2. The zero-order valence-electron chi connectivity index (χ0n) is 9.51. The summed E-state index contributed by atoms with van der Waals surface area (Å²) < 4.78 is 0. The van der Waals surface area contributed by atoms with E-state index in [0.717, 1.165) is 25.8 Å². The quantitative estimate of drug-likeness (QED) is 0.254. The Balaban J connectivity index is 3.94. The van der Waals surface area contributed by atoms with Crippen LogP contribution < -0.4 is 11.1 Å². The van der Waals surface area contributed by atoms with Crippen LogP contribution in [-0.4, -0.2) is 23.1 Å². The van der Waals surface area contributed by atoms with Gasteiger partial charge in [-0.1, -0.05) is 25.9 Å². The van der Waals surface area contributed by atoms with Crippen molar-refractivity contribution in [1.82, 2.24) is 5.32 Å². The molecule has 0 fully saturated rings. The molecule has 0 heterocycles. The Hall–Kier alpha value is -0.770. The molecule has 0 aliphatic heterocycles. The number of nitrogens with one attached hydrogen (secondary N) is 1. The Labute approximate surface area is 86.6 Å². The van der Waals surface area contributed by atoms with Crippen LogP contribution in [0, 0.1) is 0 Å². The Bertz CT molecular complexity index is 168. The lowest BCUT2D eigenvalue weighted by Crippen LogP contribution is -2.44. The summed E-state index contributed by atoms with van der Waals surface area (Å²) in [4.78, 5) is 0. The van der Waals surface area contributed by atoms with Crippen molar-refractivity contribution in [3.05, 3.63) is 0 Å². The van der Waals surface area contributed by atoms with Gasteiger partial charge in [0.15, 0.2) is 0 Å². The smallest absolute Gasteiger partial charge is 0.140 e. The van der Waals surface area contributed by atoms with E-state index in [0.29, 0.717) is 6.42 Å². The van der Waals surface area contributed by atoms with Gasteiger partial charge in [0.2, 0.25) is 0 Å². The van der Waals surface area contributed by atoms with Gasteiger partial charge >= 0.3 is 0 Å². The van der Waals surface area contributed by atoms with Crippen LogP contribution in [0.2, 0.25) is 0 Å². The van der Waals surface area contributed by atoms with Crippen LogP contribution in [0.4, 0.5) is 0 Å². The molecule has 0 aromatic carbocycles. The molecule has 0 saturated carbocycles. The van der Waals surface area contributed by atoms with Crippen LogP contribution in [0.3, 0.4) is 0 Å². The predicted octanol–water partition coefficient (Wildman–Crippen LogP) is 1.68. The molecule has 0 atom stereocenters. The number of nitrogens with two attached hydrogens (primary N) is 1. The van der Waals surface area contributed by atoms with Crippen LogP contribution in [0.15, 0.2) is 5.16 Å². The molecular weight excluding hydrogens is 178 g/mol. The Morgan fingerprint density at radius 1 is 1.29 bits per heavy atom. The van der Waals surface area contributed by atoms with Gasteiger partial charge in [0.25, 0.3) is 0 Å². The normalized spacial score (nSPS) is 13.2. The van der Waals surface area contributed by atoms with Crippen molar-refractivity contribution in [3.8, 4) is 0 Å². The van der Waals surface area contributed by atoms with Gasteiger partial charge in [-0.2, -0.15) is 0 Å². The first-order valence-corrected chi connectivity index (χ1v) is 5.35. The van der Waals surface area contributed by atoms with Crippen molar-refractivity contribution in [1.29, 1.82) is 0 Å². The highest BCUT2D eigenvalue weighted by atomic mass is 16.4. The maximum Gasteiger partial charge on any atom is 0.140 e. The fourth-order valence-electron chi connectivity index (χ4n) is 1.63. The van der Waals surface area contributed by atoms with E-state index >= 15 is 0 Å². The second kappa shape index (κ2) is 6.65. The molecule has 0 aromatic heterocycles. The molecule has 0 aliphatic carbocycles. The minimum atomic E-state index is 0.218. The number of hydrogen-bond acceptors (Lipinski definition) is 3. The first-order chi connectivity index (χ1) is 6.64. The number of hydrogen-bond donors (Lipinski definition) is 3. The molecular formula is C10H23N3O. The second-order valence-corrected chi connectivity index (χ2v) is 3.61. The van der Waals surface area contributed by atoms with E-state index in [9.17, 15) is 0 Å². The van der Waals surface area contributed by atoms with Crippen molar-refractivity contribution >= 4 is 5.84 Å². The molecule has 0 rings (SSSR count). The molecule has 0 saturated heterocycles. The lowest BCUT2D eigenvalue weighted by molar-refractivity contribution is 0.291. The standard InChI is InChI=1S/C10H23N3O/c1-4-10(5-2,6-3)12-8-7-9(11)13-14/h12,14H,4-8H2,1-3H3,(H2,11,13). The monoisotopic (exact) mass is 201 g/mol.